The Hall–Kier alpha value is -4.61. The van der Waals surface area contributed by atoms with E-state index in [9.17, 15) is 36.6 Å². The molecule has 6 nitrogen and oxygen atoms in total. The zero-order chi connectivity index (χ0) is 31.1. The minimum atomic E-state index is -2.40. The quantitative estimate of drug-likeness (QED) is 0.0902. The fourth-order valence-corrected chi connectivity index (χ4v) is 4.27. The molecule has 4 aromatic carbocycles. The van der Waals surface area contributed by atoms with Crippen LogP contribution in [0.3, 0.4) is 0 Å². The molecule has 0 saturated carbocycles. The fourth-order valence-electron chi connectivity index (χ4n) is 4.27. The Labute approximate surface area is 244 Å². The number of nitrogens with one attached hydrogen (secondary N) is 1. The molecule has 2 N–H and O–H groups in total. The van der Waals surface area contributed by atoms with E-state index in [0.717, 1.165) is 5.56 Å². The third-order valence-corrected chi connectivity index (χ3v) is 6.51. The molecule has 0 aliphatic carbocycles. The Morgan fingerprint density at radius 1 is 0.814 bits per heavy atom. The molecule has 0 spiro atoms. The highest BCUT2D eigenvalue weighted by atomic mass is 19.2. The molecule has 1 unspecified atom stereocenters. The van der Waals surface area contributed by atoms with Gasteiger partial charge in [-0.15, -0.1) is 0 Å². The number of hydrogen-bond donors (Lipinski definition) is 2. The third-order valence-electron chi connectivity index (χ3n) is 6.51. The SMILES string of the molecule is Cc1ccc(NC(=O)c2c(F)c(F)c(F)c(F)c2F)c(N(Cc2ccccc2)C(=O)C(O)CCOCc2ccccc2)c1. The van der Waals surface area contributed by atoms with Crippen molar-refractivity contribution >= 4 is 23.2 Å². The van der Waals surface area contributed by atoms with Crippen molar-refractivity contribution in [2.45, 2.75) is 32.6 Å². The largest absolute Gasteiger partial charge is 0.383 e. The van der Waals surface area contributed by atoms with E-state index in [1.807, 2.05) is 30.3 Å². The van der Waals surface area contributed by atoms with Gasteiger partial charge in [0.15, 0.2) is 23.3 Å². The van der Waals surface area contributed by atoms with Crippen LogP contribution in [0, 0.1) is 36.0 Å². The Bertz CT molecular complexity index is 1570. The van der Waals surface area contributed by atoms with E-state index < -0.39 is 52.6 Å². The maximum atomic E-state index is 14.4. The summed E-state index contributed by atoms with van der Waals surface area (Å²) in [5.74, 6) is -13.9. The second-order valence-electron chi connectivity index (χ2n) is 9.67. The summed E-state index contributed by atoms with van der Waals surface area (Å²) in [5.41, 5.74) is 0.326. The number of carbonyl (C=O) groups is 2. The summed E-state index contributed by atoms with van der Waals surface area (Å²) in [7, 11) is 0. The molecule has 0 heterocycles. The zero-order valence-electron chi connectivity index (χ0n) is 22.9. The summed E-state index contributed by atoms with van der Waals surface area (Å²) in [6, 6.07) is 22.3. The molecule has 4 aromatic rings. The fraction of sp³-hybridized carbons (Fsp3) is 0.188. The van der Waals surface area contributed by atoms with E-state index in [1.54, 1.807) is 37.3 Å². The molecule has 2 amide bonds. The van der Waals surface area contributed by atoms with E-state index >= 15 is 0 Å². The van der Waals surface area contributed by atoms with Crippen LogP contribution >= 0.6 is 0 Å². The molecule has 0 radical (unpaired) electrons. The van der Waals surface area contributed by atoms with Crippen molar-refractivity contribution in [3.8, 4) is 0 Å². The van der Waals surface area contributed by atoms with Crippen molar-refractivity contribution < 1.29 is 41.4 Å². The Kier molecular flexibility index (Phi) is 10.2. The van der Waals surface area contributed by atoms with Crippen molar-refractivity contribution in [3.63, 3.8) is 0 Å². The van der Waals surface area contributed by atoms with Crippen LogP contribution in [0.2, 0.25) is 0 Å². The second-order valence-corrected chi connectivity index (χ2v) is 9.67. The molecule has 0 aliphatic heterocycles. The predicted molar refractivity (Wildman–Crippen MR) is 150 cm³/mol. The molecule has 43 heavy (non-hydrogen) atoms. The van der Waals surface area contributed by atoms with Crippen LogP contribution in [0.15, 0.2) is 78.9 Å². The minimum Gasteiger partial charge on any atom is -0.383 e. The Morgan fingerprint density at radius 2 is 1.37 bits per heavy atom. The monoisotopic (exact) mass is 598 g/mol. The average Bonchev–Trinajstić information content (AvgIpc) is 3.01. The van der Waals surface area contributed by atoms with E-state index in [0.29, 0.717) is 11.1 Å². The highest BCUT2D eigenvalue weighted by Crippen LogP contribution is 2.31. The molecular formula is C32H27F5N2O4. The zero-order valence-corrected chi connectivity index (χ0v) is 22.9. The first-order valence-corrected chi connectivity index (χ1v) is 13.2. The van der Waals surface area contributed by atoms with E-state index in [4.69, 9.17) is 4.74 Å². The number of halogens is 5. The number of rotatable bonds is 11. The Morgan fingerprint density at radius 3 is 1.98 bits per heavy atom. The van der Waals surface area contributed by atoms with Gasteiger partial charge in [0.05, 0.1) is 31.1 Å². The molecule has 224 valence electrons. The van der Waals surface area contributed by atoms with E-state index in [2.05, 4.69) is 5.32 Å². The van der Waals surface area contributed by atoms with Gasteiger partial charge in [0, 0.05) is 6.42 Å². The van der Waals surface area contributed by atoms with Gasteiger partial charge in [-0.05, 0) is 35.7 Å². The molecule has 1 atom stereocenters. The van der Waals surface area contributed by atoms with Crippen LogP contribution in [0.4, 0.5) is 33.3 Å². The first-order chi connectivity index (χ1) is 20.6. The van der Waals surface area contributed by atoms with E-state index in [1.165, 1.54) is 23.1 Å². The number of ether oxygens (including phenoxy) is 1. The van der Waals surface area contributed by atoms with Crippen molar-refractivity contribution in [2.24, 2.45) is 0 Å². The highest BCUT2D eigenvalue weighted by Gasteiger charge is 2.31. The number of aliphatic hydroxyl groups excluding tert-OH is 1. The van der Waals surface area contributed by atoms with Gasteiger partial charge in [0.2, 0.25) is 5.82 Å². The molecule has 11 heteroatoms. The van der Waals surface area contributed by atoms with Gasteiger partial charge >= 0.3 is 0 Å². The third kappa shape index (κ3) is 7.43. The first kappa shape index (κ1) is 31.3. The van der Waals surface area contributed by atoms with Crippen LogP contribution in [-0.4, -0.2) is 29.6 Å². The van der Waals surface area contributed by atoms with E-state index in [-0.39, 0.29) is 37.6 Å². The molecule has 0 saturated heterocycles. The standard InChI is InChI=1S/C32H27F5N2O4/c1-19-12-13-22(38-31(41)25-26(33)28(35)30(37)29(36)27(25)34)23(16-19)39(17-20-8-4-2-5-9-20)32(42)24(40)14-15-43-18-21-10-6-3-7-11-21/h2-13,16,24,40H,14-15,17-18H2,1H3,(H,38,41). The highest BCUT2D eigenvalue weighted by molar-refractivity contribution is 6.08. The molecule has 0 bridgehead atoms. The summed E-state index contributed by atoms with van der Waals surface area (Å²) in [5, 5.41) is 13.0. The average molecular weight is 599 g/mol. The summed E-state index contributed by atoms with van der Waals surface area (Å²) in [6.07, 6.45) is -1.62. The van der Waals surface area contributed by atoms with Gasteiger partial charge in [0.25, 0.3) is 11.8 Å². The number of carbonyl (C=O) groups excluding carboxylic acids is 2. The second kappa shape index (κ2) is 14.0. The summed E-state index contributed by atoms with van der Waals surface area (Å²) < 4.78 is 75.4. The number of benzene rings is 4. The lowest BCUT2D eigenvalue weighted by molar-refractivity contribution is -0.127. The summed E-state index contributed by atoms with van der Waals surface area (Å²) >= 11 is 0. The van der Waals surface area contributed by atoms with Crippen molar-refractivity contribution in [1.82, 2.24) is 0 Å². The lowest BCUT2D eigenvalue weighted by atomic mass is 10.1. The molecule has 4 rings (SSSR count). The van der Waals surface area contributed by atoms with Gasteiger partial charge < -0.3 is 20.1 Å². The molecule has 0 aliphatic rings. The number of aliphatic hydroxyl groups is 1. The lowest BCUT2D eigenvalue weighted by Gasteiger charge is -2.28. The van der Waals surface area contributed by atoms with Crippen LogP contribution in [0.25, 0.3) is 0 Å². The molecule has 0 fully saturated rings. The van der Waals surface area contributed by atoms with Gasteiger partial charge in [0.1, 0.15) is 11.7 Å². The Balaban J connectivity index is 1.62. The molecular weight excluding hydrogens is 571 g/mol. The first-order valence-electron chi connectivity index (χ1n) is 13.2. The van der Waals surface area contributed by atoms with Crippen molar-refractivity contribution in [3.05, 3.63) is 130 Å². The van der Waals surface area contributed by atoms with Crippen LogP contribution in [0.1, 0.15) is 33.5 Å². The number of aryl methyl sites for hydroxylation is 1. The normalized spacial score (nSPS) is 11.7. The minimum absolute atomic E-state index is 0.0235. The maximum Gasteiger partial charge on any atom is 0.261 e. The summed E-state index contributed by atoms with van der Waals surface area (Å²) in [6.45, 7) is 1.90. The lowest BCUT2D eigenvalue weighted by Crippen LogP contribution is -2.40. The number of anilines is 2. The van der Waals surface area contributed by atoms with Crippen LogP contribution in [-0.2, 0) is 22.7 Å². The topological polar surface area (TPSA) is 78.9 Å². The maximum absolute atomic E-state index is 14.4. The van der Waals surface area contributed by atoms with Gasteiger partial charge in [-0.25, -0.2) is 22.0 Å². The van der Waals surface area contributed by atoms with Crippen LogP contribution in [0.5, 0.6) is 0 Å². The van der Waals surface area contributed by atoms with Crippen LogP contribution < -0.4 is 10.2 Å². The van der Waals surface area contributed by atoms with Gasteiger partial charge in [-0.2, -0.15) is 0 Å². The van der Waals surface area contributed by atoms with Gasteiger partial charge in [-0.3, -0.25) is 9.59 Å². The number of hydrogen-bond acceptors (Lipinski definition) is 4. The number of amides is 2. The molecule has 0 aromatic heterocycles. The number of nitrogens with zero attached hydrogens (tertiary/aromatic N) is 1. The van der Waals surface area contributed by atoms with Crippen molar-refractivity contribution in [1.29, 1.82) is 0 Å². The smallest absolute Gasteiger partial charge is 0.261 e. The van der Waals surface area contributed by atoms with Crippen molar-refractivity contribution in [2.75, 3.05) is 16.8 Å². The van der Waals surface area contributed by atoms with Gasteiger partial charge in [-0.1, -0.05) is 66.7 Å². The summed E-state index contributed by atoms with van der Waals surface area (Å²) in [4.78, 5) is 27.6. The predicted octanol–water partition coefficient (Wildman–Crippen LogP) is 6.44.